The maximum Gasteiger partial charge on any atom is 0.358 e. The van der Waals surface area contributed by atoms with E-state index in [0.717, 1.165) is 25.9 Å². The van der Waals surface area contributed by atoms with E-state index in [1.807, 2.05) is 0 Å². The molecule has 0 aromatic carbocycles. The van der Waals surface area contributed by atoms with Crippen molar-refractivity contribution in [3.8, 4) is 0 Å². The number of likely N-dealkylation sites (tertiary alicyclic amines) is 1. The second-order valence-electron chi connectivity index (χ2n) is 5.34. The van der Waals surface area contributed by atoms with Crippen LogP contribution in [0.25, 0.3) is 0 Å². The topological polar surface area (TPSA) is 97.5 Å². The summed E-state index contributed by atoms with van der Waals surface area (Å²) in [7, 11) is 1.46. The number of methoxy groups -OCH3 is 1. The van der Waals surface area contributed by atoms with Gasteiger partial charge in [-0.15, -0.1) is 5.10 Å². The van der Waals surface area contributed by atoms with Crippen LogP contribution in [0.2, 0.25) is 0 Å². The first kappa shape index (κ1) is 15.4. The summed E-state index contributed by atoms with van der Waals surface area (Å²) >= 11 is 0. The molecule has 1 saturated heterocycles. The molecule has 1 aliphatic rings. The largest absolute Gasteiger partial charge is 0.476 e. The first-order valence-corrected chi connectivity index (χ1v) is 6.95. The van der Waals surface area contributed by atoms with Gasteiger partial charge in [0.25, 0.3) is 0 Å². The minimum absolute atomic E-state index is 0.00659. The Bertz CT molecular complexity index is 520. The molecular formula is C13H20N4O4. The molecule has 1 amide bonds. The van der Waals surface area contributed by atoms with Gasteiger partial charge in [-0.05, 0) is 18.8 Å². The third-order valence-corrected chi connectivity index (χ3v) is 3.74. The Morgan fingerprint density at radius 1 is 1.38 bits per heavy atom. The summed E-state index contributed by atoms with van der Waals surface area (Å²) in [4.78, 5) is 25.1. The first-order valence-electron chi connectivity index (χ1n) is 6.95. The summed E-state index contributed by atoms with van der Waals surface area (Å²) < 4.78 is 6.28. The number of nitrogens with zero attached hydrogens (tertiary/aromatic N) is 4. The fraction of sp³-hybridized carbons (Fsp3) is 0.692. The van der Waals surface area contributed by atoms with Crippen LogP contribution in [0, 0.1) is 5.92 Å². The van der Waals surface area contributed by atoms with Gasteiger partial charge in [-0.2, -0.15) is 0 Å². The molecule has 1 aliphatic heterocycles. The smallest absolute Gasteiger partial charge is 0.358 e. The van der Waals surface area contributed by atoms with Crippen molar-refractivity contribution >= 4 is 11.9 Å². The van der Waals surface area contributed by atoms with Crippen molar-refractivity contribution in [2.75, 3.05) is 20.2 Å². The zero-order chi connectivity index (χ0) is 15.4. The van der Waals surface area contributed by atoms with Crippen LogP contribution in [0.15, 0.2) is 0 Å². The van der Waals surface area contributed by atoms with Crippen molar-refractivity contribution in [3.63, 3.8) is 0 Å². The molecular weight excluding hydrogens is 276 g/mol. The van der Waals surface area contributed by atoms with Gasteiger partial charge in [0.15, 0.2) is 5.69 Å². The first-order chi connectivity index (χ1) is 10.0. The highest BCUT2D eigenvalue weighted by Gasteiger charge is 2.24. The summed E-state index contributed by atoms with van der Waals surface area (Å²) in [6, 6.07) is 0. The van der Waals surface area contributed by atoms with Crippen LogP contribution >= 0.6 is 0 Å². The molecule has 116 valence electrons. The summed E-state index contributed by atoms with van der Waals surface area (Å²) in [5.74, 6) is -0.600. The van der Waals surface area contributed by atoms with Crippen molar-refractivity contribution < 1.29 is 19.4 Å². The third kappa shape index (κ3) is 3.57. The Morgan fingerprint density at radius 3 is 2.62 bits per heavy atom. The number of carbonyl (C=O) groups excluding carboxylic acids is 1. The van der Waals surface area contributed by atoms with Gasteiger partial charge in [0.1, 0.15) is 6.54 Å². The number of aromatic nitrogens is 3. The molecule has 1 fully saturated rings. The van der Waals surface area contributed by atoms with Crippen LogP contribution in [0.5, 0.6) is 0 Å². The molecule has 0 unspecified atom stereocenters. The lowest BCUT2D eigenvalue weighted by Crippen LogP contribution is -2.40. The van der Waals surface area contributed by atoms with Crippen LogP contribution in [-0.4, -0.2) is 57.1 Å². The minimum atomic E-state index is -1.17. The Morgan fingerprint density at radius 2 is 2.05 bits per heavy atom. The minimum Gasteiger partial charge on any atom is -0.476 e. The number of hydrogen-bond acceptors (Lipinski definition) is 5. The van der Waals surface area contributed by atoms with Gasteiger partial charge in [-0.3, -0.25) is 4.79 Å². The lowest BCUT2D eigenvalue weighted by molar-refractivity contribution is -0.133. The van der Waals surface area contributed by atoms with Gasteiger partial charge in [0.05, 0.1) is 12.3 Å². The normalized spacial score (nSPS) is 16.2. The number of carboxylic acid groups (broad SMARTS) is 1. The van der Waals surface area contributed by atoms with E-state index in [0.29, 0.717) is 11.6 Å². The molecule has 0 radical (unpaired) electrons. The van der Waals surface area contributed by atoms with Gasteiger partial charge in [0.2, 0.25) is 5.91 Å². The monoisotopic (exact) mass is 296 g/mol. The highest BCUT2D eigenvalue weighted by molar-refractivity contribution is 5.86. The fourth-order valence-electron chi connectivity index (χ4n) is 2.39. The molecule has 21 heavy (non-hydrogen) atoms. The van der Waals surface area contributed by atoms with Gasteiger partial charge in [-0.1, -0.05) is 12.1 Å². The van der Waals surface area contributed by atoms with Crippen LogP contribution in [0.3, 0.4) is 0 Å². The molecule has 1 aromatic rings. The summed E-state index contributed by atoms with van der Waals surface area (Å²) in [5.41, 5.74) is 0.139. The fourth-order valence-corrected chi connectivity index (χ4v) is 2.39. The van der Waals surface area contributed by atoms with Crippen LogP contribution < -0.4 is 0 Å². The number of piperidine rings is 1. The maximum absolute atomic E-state index is 12.3. The highest BCUT2D eigenvalue weighted by atomic mass is 16.5. The lowest BCUT2D eigenvalue weighted by Gasteiger charge is -2.30. The second kappa shape index (κ2) is 6.66. The number of rotatable bonds is 5. The second-order valence-corrected chi connectivity index (χ2v) is 5.34. The molecule has 0 spiro atoms. The summed E-state index contributed by atoms with van der Waals surface area (Å²) in [5, 5.41) is 16.4. The van der Waals surface area contributed by atoms with E-state index >= 15 is 0 Å². The Labute approximate surface area is 122 Å². The van der Waals surface area contributed by atoms with Crippen molar-refractivity contribution in [2.24, 2.45) is 5.92 Å². The number of ether oxygens (including phenoxy) is 1. The average molecular weight is 296 g/mol. The van der Waals surface area contributed by atoms with Crippen molar-refractivity contribution in [1.29, 1.82) is 0 Å². The Kier molecular flexibility index (Phi) is 4.89. The number of aromatic carboxylic acids is 1. The van der Waals surface area contributed by atoms with E-state index < -0.39 is 5.97 Å². The van der Waals surface area contributed by atoms with E-state index in [1.54, 1.807) is 4.90 Å². The van der Waals surface area contributed by atoms with Crippen LogP contribution in [-0.2, 0) is 22.7 Å². The van der Waals surface area contributed by atoms with E-state index in [1.165, 1.54) is 11.8 Å². The average Bonchev–Trinajstić information content (AvgIpc) is 2.83. The molecule has 0 bridgehead atoms. The zero-order valence-corrected chi connectivity index (χ0v) is 12.3. The molecule has 1 N–H and O–H groups in total. The summed E-state index contributed by atoms with van der Waals surface area (Å²) in [6.07, 6.45) is 1.99. The molecule has 1 aromatic heterocycles. The number of carbonyl (C=O) groups is 2. The van der Waals surface area contributed by atoms with Gasteiger partial charge >= 0.3 is 5.97 Å². The van der Waals surface area contributed by atoms with Crippen LogP contribution in [0.4, 0.5) is 0 Å². The predicted octanol–water partition coefficient (Wildman–Crippen LogP) is 0.381. The Hall–Kier alpha value is -1.96. The van der Waals surface area contributed by atoms with Gasteiger partial charge in [0, 0.05) is 20.2 Å². The SMILES string of the molecule is COCc1c(C(=O)O)nnn1CC(=O)N1CCC(C)CC1. The van der Waals surface area contributed by atoms with E-state index in [-0.39, 0.29) is 24.8 Å². The van der Waals surface area contributed by atoms with E-state index in [9.17, 15) is 9.59 Å². The predicted molar refractivity (Wildman–Crippen MR) is 72.7 cm³/mol. The Balaban J connectivity index is 2.08. The number of hydrogen-bond donors (Lipinski definition) is 1. The van der Waals surface area contributed by atoms with Crippen molar-refractivity contribution in [2.45, 2.75) is 32.9 Å². The van der Waals surface area contributed by atoms with Crippen LogP contribution in [0.1, 0.15) is 35.9 Å². The van der Waals surface area contributed by atoms with Gasteiger partial charge < -0.3 is 14.7 Å². The molecule has 0 saturated carbocycles. The molecule has 0 aliphatic carbocycles. The molecule has 2 rings (SSSR count). The van der Waals surface area contributed by atoms with Crippen molar-refractivity contribution in [1.82, 2.24) is 19.9 Å². The van der Waals surface area contributed by atoms with Gasteiger partial charge in [-0.25, -0.2) is 9.48 Å². The maximum atomic E-state index is 12.3. The number of carboxylic acids is 1. The molecule has 2 heterocycles. The van der Waals surface area contributed by atoms with Crippen molar-refractivity contribution in [3.05, 3.63) is 11.4 Å². The van der Waals surface area contributed by atoms with E-state index in [2.05, 4.69) is 17.2 Å². The lowest BCUT2D eigenvalue weighted by atomic mass is 9.99. The quantitative estimate of drug-likeness (QED) is 0.843. The zero-order valence-electron chi connectivity index (χ0n) is 12.3. The number of amides is 1. The molecule has 0 atom stereocenters. The molecule has 8 heteroatoms. The summed E-state index contributed by atoms with van der Waals surface area (Å²) in [6.45, 7) is 3.70. The van der Waals surface area contributed by atoms with E-state index in [4.69, 9.17) is 9.84 Å². The highest BCUT2D eigenvalue weighted by Crippen LogP contribution is 2.16. The molecule has 8 nitrogen and oxygen atoms in total. The third-order valence-electron chi connectivity index (χ3n) is 3.74. The standard InChI is InChI=1S/C13H20N4O4/c1-9-3-5-16(6-4-9)11(18)7-17-10(8-21-2)12(13(19)20)14-15-17/h9H,3-8H2,1-2H3,(H,19,20).